The average molecular weight is 339 g/mol. The molecule has 2 rings (SSSR count). The monoisotopic (exact) mass is 338 g/mol. The molecule has 2 aliphatic rings. The maximum atomic E-state index is 12.6. The molecule has 0 atom stereocenters. The third kappa shape index (κ3) is 5.30. The van der Waals surface area contributed by atoms with Crippen LogP contribution in [-0.2, 0) is 9.59 Å². The van der Waals surface area contributed by atoms with Crippen molar-refractivity contribution in [3.05, 3.63) is 0 Å². The second-order valence-corrected chi connectivity index (χ2v) is 7.43. The highest BCUT2D eigenvalue weighted by Gasteiger charge is 2.39. The summed E-state index contributed by atoms with van der Waals surface area (Å²) in [7, 11) is 0. The molecule has 2 fully saturated rings. The van der Waals surface area contributed by atoms with Crippen LogP contribution in [0, 0.1) is 11.3 Å². The summed E-state index contributed by atoms with van der Waals surface area (Å²) in [6.45, 7) is 14.9. The molecule has 0 bridgehead atoms. The number of nitrogens with zero attached hydrogens (tertiary/aromatic N) is 2. The Bertz CT molecular complexity index is 392. The summed E-state index contributed by atoms with van der Waals surface area (Å²) in [6.07, 6.45) is 5.83. The Kier molecular flexibility index (Phi) is 8.96. The number of ketones is 1. The third-order valence-corrected chi connectivity index (χ3v) is 5.84. The molecule has 0 radical (unpaired) electrons. The highest BCUT2D eigenvalue weighted by Crippen LogP contribution is 2.36. The lowest BCUT2D eigenvalue weighted by atomic mass is 9.73. The van der Waals surface area contributed by atoms with Crippen molar-refractivity contribution in [2.75, 3.05) is 32.7 Å². The van der Waals surface area contributed by atoms with Gasteiger partial charge in [-0.1, -0.05) is 34.1 Å². The molecule has 2 aliphatic heterocycles. The van der Waals surface area contributed by atoms with Crippen molar-refractivity contribution in [1.29, 1.82) is 0 Å². The Morgan fingerprint density at radius 1 is 0.958 bits per heavy atom. The van der Waals surface area contributed by atoms with Crippen LogP contribution >= 0.6 is 0 Å². The zero-order valence-electron chi connectivity index (χ0n) is 16.6. The van der Waals surface area contributed by atoms with Gasteiger partial charge in [0.1, 0.15) is 5.78 Å². The van der Waals surface area contributed by atoms with Gasteiger partial charge in [0.05, 0.1) is 0 Å². The molecular weight excluding hydrogens is 300 g/mol. The molecule has 140 valence electrons. The van der Waals surface area contributed by atoms with E-state index in [9.17, 15) is 9.59 Å². The molecular formula is C20H38N2O2. The predicted octanol–water partition coefficient (Wildman–Crippen LogP) is 3.74. The van der Waals surface area contributed by atoms with E-state index in [-0.39, 0.29) is 11.3 Å². The van der Waals surface area contributed by atoms with Gasteiger partial charge in [-0.2, -0.15) is 0 Å². The highest BCUT2D eigenvalue weighted by molar-refractivity contribution is 5.83. The van der Waals surface area contributed by atoms with Crippen molar-refractivity contribution < 1.29 is 9.59 Å². The topological polar surface area (TPSA) is 40.6 Å². The van der Waals surface area contributed by atoms with E-state index >= 15 is 0 Å². The van der Waals surface area contributed by atoms with Gasteiger partial charge in [0, 0.05) is 24.4 Å². The predicted molar refractivity (Wildman–Crippen MR) is 100 cm³/mol. The molecule has 2 heterocycles. The van der Waals surface area contributed by atoms with Crippen LogP contribution in [0.15, 0.2) is 0 Å². The first kappa shape index (κ1) is 21.1. The van der Waals surface area contributed by atoms with Gasteiger partial charge >= 0.3 is 0 Å². The molecule has 0 spiro atoms. The quantitative estimate of drug-likeness (QED) is 0.784. The fourth-order valence-corrected chi connectivity index (χ4v) is 3.86. The first-order valence-electron chi connectivity index (χ1n) is 9.96. The van der Waals surface area contributed by atoms with Crippen LogP contribution in [0.25, 0.3) is 0 Å². The molecule has 1 amide bonds. The van der Waals surface area contributed by atoms with Gasteiger partial charge in [-0.05, 0) is 58.7 Å². The molecule has 0 aliphatic carbocycles. The summed E-state index contributed by atoms with van der Waals surface area (Å²) in [6, 6.07) is 0. The molecule has 0 saturated carbocycles. The van der Waals surface area contributed by atoms with Gasteiger partial charge in [-0.15, -0.1) is 0 Å². The first-order chi connectivity index (χ1) is 11.4. The van der Waals surface area contributed by atoms with Gasteiger partial charge in [0.15, 0.2) is 0 Å². The minimum Gasteiger partial charge on any atom is -0.342 e. The van der Waals surface area contributed by atoms with Crippen molar-refractivity contribution in [2.45, 2.75) is 73.1 Å². The third-order valence-electron chi connectivity index (χ3n) is 5.84. The van der Waals surface area contributed by atoms with Crippen molar-refractivity contribution in [2.24, 2.45) is 11.3 Å². The zero-order chi connectivity index (χ0) is 18.2. The van der Waals surface area contributed by atoms with E-state index in [1.165, 1.54) is 6.42 Å². The van der Waals surface area contributed by atoms with Crippen LogP contribution in [0.5, 0.6) is 0 Å². The Morgan fingerprint density at radius 2 is 1.46 bits per heavy atom. The number of hydrogen-bond acceptors (Lipinski definition) is 3. The van der Waals surface area contributed by atoms with Crippen LogP contribution < -0.4 is 0 Å². The summed E-state index contributed by atoms with van der Waals surface area (Å²) in [5.41, 5.74) is -0.164. The fraction of sp³-hybridized carbons (Fsp3) is 0.900. The Balaban J connectivity index is 0.000000891. The van der Waals surface area contributed by atoms with E-state index in [1.807, 2.05) is 4.90 Å². The van der Waals surface area contributed by atoms with E-state index < -0.39 is 0 Å². The highest BCUT2D eigenvalue weighted by atomic mass is 16.2. The van der Waals surface area contributed by atoms with Crippen molar-refractivity contribution in [3.63, 3.8) is 0 Å². The van der Waals surface area contributed by atoms with Crippen molar-refractivity contribution in [3.8, 4) is 0 Å². The number of amides is 1. The number of Topliss-reactive ketones (excluding diaryl/α,β-unsaturated/α-hetero) is 1. The largest absolute Gasteiger partial charge is 0.342 e. The molecule has 4 nitrogen and oxygen atoms in total. The van der Waals surface area contributed by atoms with Crippen LogP contribution in [0.1, 0.15) is 73.1 Å². The Hall–Kier alpha value is -0.900. The minimum atomic E-state index is -0.164. The summed E-state index contributed by atoms with van der Waals surface area (Å²) in [5, 5.41) is 0. The molecule has 0 unspecified atom stereocenters. The zero-order valence-corrected chi connectivity index (χ0v) is 16.6. The Morgan fingerprint density at radius 3 is 1.83 bits per heavy atom. The van der Waals surface area contributed by atoms with Gasteiger partial charge < -0.3 is 9.80 Å². The fourth-order valence-electron chi connectivity index (χ4n) is 3.86. The Labute approximate surface area is 149 Å². The molecule has 0 aromatic heterocycles. The van der Waals surface area contributed by atoms with E-state index in [0.717, 1.165) is 64.8 Å². The SMILES string of the molecule is CCC.CCN1CCC(C(=O)N2CCC(CC)(C(C)=O)CC2)CC1. The first-order valence-corrected chi connectivity index (χ1v) is 9.96. The van der Waals surface area contributed by atoms with Crippen molar-refractivity contribution in [1.82, 2.24) is 9.80 Å². The molecule has 0 aromatic carbocycles. The van der Waals surface area contributed by atoms with Gasteiger partial charge in [0.2, 0.25) is 5.91 Å². The number of carbonyl (C=O) groups excluding carboxylic acids is 2. The number of carbonyl (C=O) groups is 2. The lowest BCUT2D eigenvalue weighted by Gasteiger charge is -2.41. The second kappa shape index (κ2) is 10.2. The smallest absolute Gasteiger partial charge is 0.225 e. The van der Waals surface area contributed by atoms with Gasteiger partial charge in [-0.3, -0.25) is 9.59 Å². The number of hydrogen-bond donors (Lipinski definition) is 0. The van der Waals surface area contributed by atoms with Crippen LogP contribution in [0.3, 0.4) is 0 Å². The minimum absolute atomic E-state index is 0.164. The standard InChI is InChI=1S/C17H30N2O2.C3H8/c1-4-17(14(3)20)8-12-19(13-9-17)16(21)15-6-10-18(5-2)11-7-15;1-3-2/h15H,4-13H2,1-3H3;3H2,1-2H3. The van der Waals surface area contributed by atoms with E-state index in [4.69, 9.17) is 0 Å². The summed E-state index contributed by atoms with van der Waals surface area (Å²) < 4.78 is 0. The summed E-state index contributed by atoms with van der Waals surface area (Å²) >= 11 is 0. The number of rotatable bonds is 4. The van der Waals surface area contributed by atoms with Crippen molar-refractivity contribution >= 4 is 11.7 Å². The molecule has 0 aromatic rings. The van der Waals surface area contributed by atoms with Crippen LogP contribution in [0.4, 0.5) is 0 Å². The van der Waals surface area contributed by atoms with Crippen LogP contribution in [-0.4, -0.2) is 54.2 Å². The number of piperidine rings is 2. The van der Waals surface area contributed by atoms with E-state index in [2.05, 4.69) is 32.6 Å². The molecule has 2 saturated heterocycles. The lowest BCUT2D eigenvalue weighted by molar-refractivity contribution is -0.142. The maximum Gasteiger partial charge on any atom is 0.225 e. The summed E-state index contributed by atoms with van der Waals surface area (Å²) in [5.74, 6) is 0.839. The van der Waals surface area contributed by atoms with Gasteiger partial charge in [0.25, 0.3) is 0 Å². The summed E-state index contributed by atoms with van der Waals surface area (Å²) in [4.78, 5) is 29.0. The molecule has 24 heavy (non-hydrogen) atoms. The lowest BCUT2D eigenvalue weighted by Crippen LogP contribution is -2.49. The van der Waals surface area contributed by atoms with Crippen LogP contribution in [0.2, 0.25) is 0 Å². The molecule has 0 N–H and O–H groups in total. The van der Waals surface area contributed by atoms with Gasteiger partial charge in [-0.25, -0.2) is 0 Å². The molecule has 4 heteroatoms. The van der Waals surface area contributed by atoms with E-state index in [1.54, 1.807) is 6.92 Å². The normalized spacial score (nSPS) is 21.8. The van der Waals surface area contributed by atoms with E-state index in [0.29, 0.717) is 11.7 Å². The average Bonchev–Trinajstić information content (AvgIpc) is 2.61. The maximum absolute atomic E-state index is 12.6. The second-order valence-electron chi connectivity index (χ2n) is 7.43. The number of likely N-dealkylation sites (tertiary alicyclic amines) is 2.